The van der Waals surface area contributed by atoms with E-state index < -0.39 is 10.7 Å². The largest absolute Gasteiger partial charge is 0.306 e. The molecule has 0 aliphatic carbocycles. The van der Waals surface area contributed by atoms with Gasteiger partial charge in [0, 0.05) is 30.4 Å². The number of nitrogens with zero attached hydrogens (tertiary/aromatic N) is 2. The highest BCUT2D eigenvalue weighted by Gasteiger charge is 2.34. The van der Waals surface area contributed by atoms with Crippen molar-refractivity contribution >= 4 is 49.1 Å². The molecule has 1 aromatic carbocycles. The van der Waals surface area contributed by atoms with Crippen LogP contribution in [0.2, 0.25) is 0 Å². The summed E-state index contributed by atoms with van der Waals surface area (Å²) in [5.74, 6) is -0.774. The topological polar surface area (TPSA) is 63.5 Å². The van der Waals surface area contributed by atoms with E-state index in [1.165, 1.54) is 4.90 Å². The maximum Gasteiger partial charge on any atom is 0.294 e. The van der Waals surface area contributed by atoms with Gasteiger partial charge in [0.05, 0.1) is 9.40 Å². The van der Waals surface area contributed by atoms with Crippen molar-refractivity contribution in [3.05, 3.63) is 32.5 Å². The summed E-state index contributed by atoms with van der Waals surface area (Å²) in [6.07, 6.45) is 0.306. The number of alkyl halides is 1. The lowest BCUT2D eigenvalue weighted by Gasteiger charge is -2.16. The zero-order chi connectivity index (χ0) is 14.2. The second-order valence-corrected chi connectivity index (χ2v) is 5.74. The lowest BCUT2D eigenvalue weighted by Crippen LogP contribution is -2.25. The highest BCUT2D eigenvalue weighted by Crippen LogP contribution is 2.36. The molecule has 1 fully saturated rings. The zero-order valence-corrected chi connectivity index (χ0v) is 12.8. The summed E-state index contributed by atoms with van der Waals surface area (Å²) in [5.41, 5.74) is -0.268. The van der Waals surface area contributed by atoms with Crippen LogP contribution in [0.4, 0.5) is 15.8 Å². The number of carbonyl (C=O) groups excluding carboxylic acids is 1. The first kappa shape index (κ1) is 14.4. The van der Waals surface area contributed by atoms with Crippen LogP contribution in [0.25, 0.3) is 0 Å². The van der Waals surface area contributed by atoms with E-state index in [2.05, 4.69) is 31.9 Å². The Balaban J connectivity index is 2.47. The molecule has 102 valence electrons. The molecule has 2 rings (SSSR count). The van der Waals surface area contributed by atoms with Gasteiger partial charge in [0.2, 0.25) is 5.91 Å². The average molecular weight is 396 g/mol. The Morgan fingerprint density at radius 3 is 2.74 bits per heavy atom. The van der Waals surface area contributed by atoms with Crippen LogP contribution in [0.1, 0.15) is 6.42 Å². The van der Waals surface area contributed by atoms with Crippen molar-refractivity contribution in [3.63, 3.8) is 0 Å². The smallest absolute Gasteiger partial charge is 0.294 e. The first-order chi connectivity index (χ1) is 8.93. The number of halogens is 3. The predicted octanol–water partition coefficient (Wildman–Crippen LogP) is 3.24. The summed E-state index contributed by atoms with van der Waals surface area (Å²) < 4.78 is 13.6. The van der Waals surface area contributed by atoms with E-state index in [1.807, 2.05) is 0 Å². The van der Waals surface area contributed by atoms with Gasteiger partial charge in [-0.05, 0) is 21.8 Å². The number of amides is 1. The summed E-state index contributed by atoms with van der Waals surface area (Å²) >= 11 is 6.19. The third-order valence-electron chi connectivity index (χ3n) is 2.93. The van der Waals surface area contributed by atoms with Crippen molar-refractivity contribution < 1.29 is 14.1 Å². The Hall–Kier alpha value is -1.02. The molecule has 1 atom stereocenters. The second kappa shape index (κ2) is 5.54. The van der Waals surface area contributed by atoms with Gasteiger partial charge >= 0.3 is 0 Å². The monoisotopic (exact) mass is 394 g/mol. The van der Waals surface area contributed by atoms with Gasteiger partial charge in [-0.2, -0.15) is 0 Å². The average Bonchev–Trinajstić information content (AvgIpc) is 2.73. The minimum Gasteiger partial charge on any atom is -0.306 e. The number of anilines is 1. The highest BCUT2D eigenvalue weighted by atomic mass is 79.9. The highest BCUT2D eigenvalue weighted by molar-refractivity contribution is 9.10. The van der Waals surface area contributed by atoms with Crippen LogP contribution in [0.5, 0.6) is 0 Å². The predicted molar refractivity (Wildman–Crippen MR) is 75.0 cm³/mol. The molecule has 1 aromatic rings. The molecule has 1 unspecified atom stereocenters. The number of nitro groups is 1. The Morgan fingerprint density at radius 1 is 1.53 bits per heavy atom. The summed E-state index contributed by atoms with van der Waals surface area (Å²) in [5, 5.41) is 11.6. The molecular formula is C11H9Br2FN2O3. The van der Waals surface area contributed by atoms with Gasteiger partial charge in [0.1, 0.15) is 11.5 Å². The lowest BCUT2D eigenvalue weighted by molar-refractivity contribution is -0.384. The van der Waals surface area contributed by atoms with Crippen LogP contribution in [-0.2, 0) is 4.79 Å². The van der Waals surface area contributed by atoms with Gasteiger partial charge in [0.15, 0.2) is 0 Å². The van der Waals surface area contributed by atoms with Crippen LogP contribution >= 0.6 is 31.9 Å². The van der Waals surface area contributed by atoms with Crippen molar-refractivity contribution in [2.45, 2.75) is 6.42 Å². The number of nitro benzene ring substituents is 1. The van der Waals surface area contributed by atoms with E-state index in [0.29, 0.717) is 18.3 Å². The molecule has 19 heavy (non-hydrogen) atoms. The summed E-state index contributed by atoms with van der Waals surface area (Å²) in [7, 11) is 0. The molecule has 0 radical (unpaired) electrons. The number of rotatable bonds is 3. The fourth-order valence-electron chi connectivity index (χ4n) is 2.01. The Kier molecular flexibility index (Phi) is 4.19. The molecule has 0 N–H and O–H groups in total. The Labute approximate surface area is 125 Å². The van der Waals surface area contributed by atoms with E-state index in [4.69, 9.17) is 0 Å². The summed E-state index contributed by atoms with van der Waals surface area (Å²) in [4.78, 5) is 23.5. The van der Waals surface area contributed by atoms with Crippen molar-refractivity contribution in [3.8, 4) is 0 Å². The van der Waals surface area contributed by atoms with Gasteiger partial charge in [-0.1, -0.05) is 15.9 Å². The summed E-state index contributed by atoms with van der Waals surface area (Å²) in [6.45, 7) is 0.353. The van der Waals surface area contributed by atoms with Crippen LogP contribution < -0.4 is 4.90 Å². The van der Waals surface area contributed by atoms with Crippen LogP contribution in [0.3, 0.4) is 0 Å². The SMILES string of the molecule is O=C1CC(CBr)CN1c1cc(F)c(Br)cc1[N+](=O)[O-]. The fourth-order valence-corrected chi connectivity index (χ4v) is 2.77. The maximum atomic E-state index is 13.6. The van der Waals surface area contributed by atoms with E-state index >= 15 is 0 Å². The molecule has 1 aliphatic rings. The molecule has 1 saturated heterocycles. The lowest BCUT2D eigenvalue weighted by atomic mass is 10.2. The van der Waals surface area contributed by atoms with Gasteiger partial charge in [0.25, 0.3) is 5.69 Å². The minimum atomic E-state index is -0.629. The van der Waals surface area contributed by atoms with Gasteiger partial charge in [-0.25, -0.2) is 4.39 Å². The second-order valence-electron chi connectivity index (χ2n) is 4.24. The third-order valence-corrected chi connectivity index (χ3v) is 4.45. The number of benzene rings is 1. The molecule has 5 nitrogen and oxygen atoms in total. The van der Waals surface area contributed by atoms with E-state index in [-0.39, 0.29) is 27.7 Å². The molecular weight excluding hydrogens is 387 g/mol. The quantitative estimate of drug-likeness (QED) is 0.448. The Bertz CT molecular complexity index is 553. The minimum absolute atomic E-state index is 0.00615. The van der Waals surface area contributed by atoms with Crippen LogP contribution in [-0.4, -0.2) is 22.7 Å². The molecule has 0 aromatic heterocycles. The van der Waals surface area contributed by atoms with Crippen molar-refractivity contribution in [1.82, 2.24) is 0 Å². The fraction of sp³-hybridized carbons (Fsp3) is 0.364. The summed E-state index contributed by atoms with van der Waals surface area (Å²) in [6, 6.07) is 2.11. The molecule has 1 amide bonds. The zero-order valence-electron chi connectivity index (χ0n) is 9.61. The maximum absolute atomic E-state index is 13.6. The van der Waals surface area contributed by atoms with Gasteiger partial charge in [-0.3, -0.25) is 14.9 Å². The van der Waals surface area contributed by atoms with Crippen LogP contribution in [0, 0.1) is 21.8 Å². The molecule has 8 heteroatoms. The number of hydrogen-bond acceptors (Lipinski definition) is 3. The van der Waals surface area contributed by atoms with Gasteiger partial charge in [-0.15, -0.1) is 0 Å². The van der Waals surface area contributed by atoms with Gasteiger partial charge < -0.3 is 4.90 Å². The van der Waals surface area contributed by atoms with Crippen molar-refractivity contribution in [2.24, 2.45) is 5.92 Å². The first-order valence-electron chi connectivity index (χ1n) is 5.43. The molecule has 0 spiro atoms. The number of carbonyl (C=O) groups is 1. The Morgan fingerprint density at radius 2 is 2.21 bits per heavy atom. The van der Waals surface area contributed by atoms with Crippen molar-refractivity contribution in [2.75, 3.05) is 16.8 Å². The van der Waals surface area contributed by atoms with E-state index in [9.17, 15) is 19.3 Å². The number of hydrogen-bond donors (Lipinski definition) is 0. The molecule has 1 aliphatic heterocycles. The van der Waals surface area contributed by atoms with E-state index in [0.717, 1.165) is 12.1 Å². The first-order valence-corrected chi connectivity index (χ1v) is 7.35. The molecule has 1 heterocycles. The third kappa shape index (κ3) is 2.79. The van der Waals surface area contributed by atoms with Crippen molar-refractivity contribution in [1.29, 1.82) is 0 Å². The van der Waals surface area contributed by atoms with Crippen LogP contribution in [0.15, 0.2) is 16.6 Å². The normalized spacial score (nSPS) is 19.0. The molecule has 0 bridgehead atoms. The standard InChI is InChI=1S/C11H9Br2FN2O3/c12-4-6-1-11(17)15(5-6)9-3-8(14)7(13)2-10(9)16(18)19/h2-3,6H,1,4-5H2. The van der Waals surface area contributed by atoms with E-state index in [1.54, 1.807) is 0 Å². The molecule has 0 saturated carbocycles.